The third-order valence-corrected chi connectivity index (χ3v) is 4.82. The largest absolute Gasteiger partial charge is 0.481 e. The number of rotatable bonds is 2. The number of benzene rings is 1. The molecular weight excluding hydrogens is 299 g/mol. The first-order valence-corrected chi connectivity index (χ1v) is 7.02. The molecule has 2 fully saturated rings. The maximum Gasteiger partial charge on any atom is 0.311 e. The van der Waals surface area contributed by atoms with Gasteiger partial charge in [0, 0.05) is 19.2 Å². The molecule has 1 N–H and O–H groups in total. The first-order valence-electron chi connectivity index (χ1n) is 7.02. The number of carboxylic acid groups (broad SMARTS) is 1. The van der Waals surface area contributed by atoms with Gasteiger partial charge in [-0.2, -0.15) is 0 Å². The molecule has 2 atom stereocenters. The minimum Gasteiger partial charge on any atom is -0.481 e. The zero-order valence-corrected chi connectivity index (χ0v) is 11.6. The number of carbonyl (C=O) groups excluding carboxylic acids is 1. The van der Waals surface area contributed by atoms with Gasteiger partial charge in [-0.15, -0.1) is 0 Å². The van der Waals surface area contributed by atoms with E-state index in [2.05, 4.69) is 0 Å². The Balaban J connectivity index is 1.89. The van der Waals surface area contributed by atoms with Crippen LogP contribution in [-0.2, 0) is 4.79 Å². The molecule has 0 aromatic heterocycles. The lowest BCUT2D eigenvalue weighted by atomic mass is 9.81. The van der Waals surface area contributed by atoms with Crippen LogP contribution in [0.3, 0.4) is 0 Å². The third-order valence-electron chi connectivity index (χ3n) is 4.82. The quantitative estimate of drug-likeness (QED) is 0.853. The van der Waals surface area contributed by atoms with Gasteiger partial charge < -0.3 is 10.0 Å². The first-order chi connectivity index (χ1) is 10.3. The summed E-state index contributed by atoms with van der Waals surface area (Å²) in [6, 6.07) is 0.848. The highest BCUT2D eigenvalue weighted by atomic mass is 19.2. The van der Waals surface area contributed by atoms with Crippen LogP contribution in [0, 0.1) is 28.8 Å². The van der Waals surface area contributed by atoms with Gasteiger partial charge in [0.1, 0.15) is 5.82 Å². The SMILES string of the molecule is O=C(c1cc(F)c(F)cc1F)N1C[C@@H]2CCC[C@@]2(C(=O)O)C1. The lowest BCUT2D eigenvalue weighted by Gasteiger charge is -2.23. The van der Waals surface area contributed by atoms with E-state index in [0.29, 0.717) is 25.0 Å². The van der Waals surface area contributed by atoms with Crippen LogP contribution in [0.4, 0.5) is 13.2 Å². The van der Waals surface area contributed by atoms with Crippen LogP contribution in [0.1, 0.15) is 29.6 Å². The van der Waals surface area contributed by atoms with E-state index < -0.39 is 40.3 Å². The zero-order valence-electron chi connectivity index (χ0n) is 11.6. The van der Waals surface area contributed by atoms with Crippen molar-refractivity contribution >= 4 is 11.9 Å². The van der Waals surface area contributed by atoms with Gasteiger partial charge in [0.25, 0.3) is 5.91 Å². The van der Waals surface area contributed by atoms with Crippen LogP contribution in [0.2, 0.25) is 0 Å². The van der Waals surface area contributed by atoms with Crippen LogP contribution in [0.5, 0.6) is 0 Å². The molecule has 3 rings (SSSR count). The molecule has 1 heterocycles. The predicted octanol–water partition coefficient (Wildman–Crippen LogP) is 2.43. The molecule has 1 aromatic rings. The van der Waals surface area contributed by atoms with Crippen molar-refractivity contribution in [1.82, 2.24) is 4.90 Å². The average molecular weight is 313 g/mol. The van der Waals surface area contributed by atoms with Gasteiger partial charge in [-0.05, 0) is 24.8 Å². The van der Waals surface area contributed by atoms with E-state index in [4.69, 9.17) is 0 Å². The Bertz CT molecular complexity index is 664. The smallest absolute Gasteiger partial charge is 0.311 e. The zero-order chi connectivity index (χ0) is 16.1. The number of carboxylic acids is 1. The van der Waals surface area contributed by atoms with E-state index in [1.54, 1.807) is 0 Å². The molecule has 1 saturated carbocycles. The van der Waals surface area contributed by atoms with Crippen LogP contribution in [-0.4, -0.2) is 35.0 Å². The molecular formula is C15H14F3NO3. The van der Waals surface area contributed by atoms with Crippen molar-refractivity contribution in [2.75, 3.05) is 13.1 Å². The number of aliphatic carboxylic acids is 1. The second-order valence-electron chi connectivity index (χ2n) is 5.98. The second kappa shape index (κ2) is 5.00. The van der Waals surface area contributed by atoms with E-state index in [1.807, 2.05) is 0 Å². The van der Waals surface area contributed by atoms with Crippen molar-refractivity contribution < 1.29 is 27.9 Å². The molecule has 118 valence electrons. The Hall–Kier alpha value is -2.05. The number of amides is 1. The topological polar surface area (TPSA) is 57.6 Å². The molecule has 4 nitrogen and oxygen atoms in total. The highest BCUT2D eigenvalue weighted by molar-refractivity contribution is 5.95. The molecule has 1 aliphatic heterocycles. The van der Waals surface area contributed by atoms with E-state index in [0.717, 1.165) is 6.42 Å². The van der Waals surface area contributed by atoms with Gasteiger partial charge in [-0.25, -0.2) is 13.2 Å². The summed E-state index contributed by atoms with van der Waals surface area (Å²) in [4.78, 5) is 25.1. The number of halogens is 3. The van der Waals surface area contributed by atoms with Crippen molar-refractivity contribution in [3.05, 3.63) is 35.1 Å². The van der Waals surface area contributed by atoms with Gasteiger partial charge in [0.2, 0.25) is 0 Å². The predicted molar refractivity (Wildman–Crippen MR) is 69.6 cm³/mol. The summed E-state index contributed by atoms with van der Waals surface area (Å²) in [6.45, 7) is 0.174. The molecule has 0 bridgehead atoms. The monoisotopic (exact) mass is 313 g/mol. The lowest BCUT2D eigenvalue weighted by Crippen LogP contribution is -2.37. The summed E-state index contributed by atoms with van der Waals surface area (Å²) in [6.07, 6.45) is 1.94. The summed E-state index contributed by atoms with van der Waals surface area (Å²) in [5.41, 5.74) is -1.57. The summed E-state index contributed by atoms with van der Waals surface area (Å²) < 4.78 is 39.9. The van der Waals surface area contributed by atoms with Crippen molar-refractivity contribution in [2.45, 2.75) is 19.3 Å². The maximum atomic E-state index is 13.7. The molecule has 7 heteroatoms. The van der Waals surface area contributed by atoms with Crippen LogP contribution in [0.15, 0.2) is 12.1 Å². The van der Waals surface area contributed by atoms with Crippen LogP contribution < -0.4 is 0 Å². The van der Waals surface area contributed by atoms with E-state index in [9.17, 15) is 27.9 Å². The number of hydrogen-bond donors (Lipinski definition) is 1. The molecule has 22 heavy (non-hydrogen) atoms. The molecule has 1 saturated heterocycles. The molecule has 0 unspecified atom stereocenters. The Morgan fingerprint density at radius 2 is 1.86 bits per heavy atom. The fourth-order valence-corrected chi connectivity index (χ4v) is 3.65. The molecule has 1 aliphatic carbocycles. The second-order valence-corrected chi connectivity index (χ2v) is 5.98. The molecule has 1 amide bonds. The first kappa shape index (κ1) is 14.9. The Labute approximate surface area is 124 Å². The van der Waals surface area contributed by atoms with Gasteiger partial charge in [0.15, 0.2) is 11.6 Å². The maximum absolute atomic E-state index is 13.7. The summed E-state index contributed by atoms with van der Waals surface area (Å²) >= 11 is 0. The summed E-state index contributed by atoms with van der Waals surface area (Å²) in [5.74, 6) is -5.76. The van der Waals surface area contributed by atoms with Crippen molar-refractivity contribution in [1.29, 1.82) is 0 Å². The Morgan fingerprint density at radius 3 is 2.50 bits per heavy atom. The highest BCUT2D eigenvalue weighted by Crippen LogP contribution is 2.49. The highest BCUT2D eigenvalue weighted by Gasteiger charge is 2.55. The minimum absolute atomic E-state index is 0.0235. The van der Waals surface area contributed by atoms with Gasteiger partial charge in [-0.1, -0.05) is 6.42 Å². The third kappa shape index (κ3) is 2.07. The number of carbonyl (C=O) groups is 2. The van der Waals surface area contributed by atoms with E-state index in [-0.39, 0.29) is 19.0 Å². The Kier molecular flexibility index (Phi) is 3.38. The van der Waals surface area contributed by atoms with Crippen molar-refractivity contribution in [2.24, 2.45) is 11.3 Å². The summed E-state index contributed by atoms with van der Waals surface area (Å²) in [7, 11) is 0. The fraction of sp³-hybridized carbons (Fsp3) is 0.467. The Morgan fingerprint density at radius 1 is 1.18 bits per heavy atom. The van der Waals surface area contributed by atoms with Gasteiger partial charge >= 0.3 is 5.97 Å². The van der Waals surface area contributed by atoms with E-state index >= 15 is 0 Å². The molecule has 1 aromatic carbocycles. The standard InChI is InChI=1S/C15H14F3NO3/c16-10-5-12(18)11(17)4-9(10)13(20)19-6-8-2-1-3-15(8,7-19)14(21)22/h4-5,8H,1-3,6-7H2,(H,21,22)/t8-,15+/m0/s1. The normalized spacial score (nSPS) is 27.0. The van der Waals surface area contributed by atoms with Crippen LogP contribution >= 0.6 is 0 Å². The lowest BCUT2D eigenvalue weighted by molar-refractivity contribution is -0.149. The minimum atomic E-state index is -1.37. The number of likely N-dealkylation sites (tertiary alicyclic amines) is 1. The fourth-order valence-electron chi connectivity index (χ4n) is 3.65. The molecule has 0 radical (unpaired) electrons. The van der Waals surface area contributed by atoms with E-state index in [1.165, 1.54) is 4.90 Å². The average Bonchev–Trinajstić information content (AvgIpc) is 2.99. The number of hydrogen-bond acceptors (Lipinski definition) is 2. The number of nitrogens with zero attached hydrogens (tertiary/aromatic N) is 1. The van der Waals surface area contributed by atoms with Crippen molar-refractivity contribution in [3.8, 4) is 0 Å². The van der Waals surface area contributed by atoms with Crippen molar-refractivity contribution in [3.63, 3.8) is 0 Å². The van der Waals surface area contributed by atoms with Crippen LogP contribution in [0.25, 0.3) is 0 Å². The molecule has 2 aliphatic rings. The van der Waals surface area contributed by atoms with Gasteiger partial charge in [-0.3, -0.25) is 9.59 Å². The number of fused-ring (bicyclic) bond motifs is 1. The molecule has 0 spiro atoms. The summed E-state index contributed by atoms with van der Waals surface area (Å²) in [5, 5.41) is 9.46. The van der Waals surface area contributed by atoms with Gasteiger partial charge in [0.05, 0.1) is 11.0 Å².